The number of rotatable bonds is 0. The smallest absolute Gasteiger partial charge is 0.242 e. The number of pyridine rings is 1. The van der Waals surface area contributed by atoms with E-state index in [0.29, 0.717) is 9.86 Å². The van der Waals surface area contributed by atoms with Gasteiger partial charge in [0.15, 0.2) is 0 Å². The van der Waals surface area contributed by atoms with Gasteiger partial charge in [-0.15, -0.1) is 0 Å². The van der Waals surface area contributed by atoms with Gasteiger partial charge in [-0.2, -0.15) is 13.2 Å². The highest BCUT2D eigenvalue weighted by atomic mass is 79.9. The molecule has 0 spiro atoms. The van der Waals surface area contributed by atoms with Gasteiger partial charge in [-0.25, -0.2) is 4.98 Å². The van der Waals surface area contributed by atoms with Crippen LogP contribution in [0.15, 0.2) is 28.7 Å². The van der Waals surface area contributed by atoms with Gasteiger partial charge in [0.1, 0.15) is 5.69 Å². The van der Waals surface area contributed by atoms with Crippen LogP contribution in [0.1, 0.15) is 5.69 Å². The molecule has 0 atom stereocenters. The van der Waals surface area contributed by atoms with Gasteiger partial charge >= 0.3 is 6.18 Å². The summed E-state index contributed by atoms with van der Waals surface area (Å²) in [4.78, 5) is 3.52. The molecule has 84 valence electrons. The molecule has 2 aromatic rings. The highest BCUT2D eigenvalue weighted by Crippen LogP contribution is 2.34. The van der Waals surface area contributed by atoms with E-state index in [1.165, 1.54) is 6.07 Å². The van der Waals surface area contributed by atoms with E-state index in [9.17, 15) is 13.2 Å². The second-order valence-corrected chi connectivity index (χ2v) is 4.38. The number of alkyl halides is 3. The Morgan fingerprint density at radius 1 is 1.25 bits per heavy atom. The fraction of sp³-hybridized carbons (Fsp3) is 0.100. The Bertz CT molecular complexity index is 553. The van der Waals surface area contributed by atoms with E-state index >= 15 is 0 Å². The second kappa shape index (κ2) is 3.89. The predicted octanol–water partition coefficient (Wildman–Crippen LogP) is 4.67. The zero-order valence-electron chi connectivity index (χ0n) is 7.65. The lowest BCUT2D eigenvalue weighted by atomic mass is 10.2. The molecule has 0 aliphatic rings. The van der Waals surface area contributed by atoms with Crippen LogP contribution in [0, 0.1) is 0 Å². The lowest BCUT2D eigenvalue weighted by Gasteiger charge is -2.09. The minimum Gasteiger partial charge on any atom is -0.242 e. The molecule has 0 amide bonds. The summed E-state index contributed by atoms with van der Waals surface area (Å²) in [7, 11) is 0. The van der Waals surface area contributed by atoms with Crippen LogP contribution in [0.5, 0.6) is 0 Å². The van der Waals surface area contributed by atoms with Gasteiger partial charge in [0, 0.05) is 9.86 Å². The van der Waals surface area contributed by atoms with Crippen LogP contribution in [0.25, 0.3) is 10.9 Å². The summed E-state index contributed by atoms with van der Waals surface area (Å²) in [6, 6.07) is 5.75. The Balaban J connectivity index is 2.81. The molecule has 1 nitrogen and oxygen atoms in total. The normalized spacial score (nSPS) is 12.1. The number of benzene rings is 1. The summed E-state index contributed by atoms with van der Waals surface area (Å²) in [5.41, 5.74) is -0.814. The van der Waals surface area contributed by atoms with E-state index in [2.05, 4.69) is 20.9 Å². The molecular weight excluding hydrogens is 306 g/mol. The van der Waals surface area contributed by atoms with Crippen molar-refractivity contribution in [3.63, 3.8) is 0 Å². The molecule has 0 saturated heterocycles. The van der Waals surface area contributed by atoms with E-state index < -0.39 is 11.9 Å². The van der Waals surface area contributed by atoms with Crippen molar-refractivity contribution in [1.82, 2.24) is 4.98 Å². The summed E-state index contributed by atoms with van der Waals surface area (Å²) in [5, 5.41) is 0.754. The van der Waals surface area contributed by atoms with E-state index in [-0.39, 0.29) is 10.5 Å². The molecule has 0 saturated carbocycles. The average Bonchev–Trinajstić information content (AvgIpc) is 2.18. The minimum absolute atomic E-state index is 0.144. The largest absolute Gasteiger partial charge is 0.433 e. The lowest BCUT2D eigenvalue weighted by Crippen LogP contribution is -2.08. The maximum Gasteiger partial charge on any atom is 0.433 e. The standard InChI is InChI=1S/C10H4BrClF3N/c11-6-4-8(10(13,14)15)16-9-5(6)2-1-3-7(9)12/h1-4H. The molecule has 1 aromatic carbocycles. The van der Waals surface area contributed by atoms with Crippen LogP contribution in [0.3, 0.4) is 0 Å². The molecular formula is C10H4BrClF3N. The third-order valence-electron chi connectivity index (χ3n) is 2.03. The van der Waals surface area contributed by atoms with Gasteiger partial charge in [-0.05, 0) is 12.1 Å². The quantitative estimate of drug-likeness (QED) is 0.689. The molecule has 6 heteroatoms. The summed E-state index contributed by atoms with van der Waals surface area (Å²) < 4.78 is 37.8. The van der Waals surface area contributed by atoms with Crippen molar-refractivity contribution in [3.05, 3.63) is 39.5 Å². The molecule has 16 heavy (non-hydrogen) atoms. The van der Waals surface area contributed by atoms with Crippen LogP contribution >= 0.6 is 27.5 Å². The van der Waals surface area contributed by atoms with Crippen molar-refractivity contribution in [1.29, 1.82) is 0 Å². The molecule has 0 unspecified atom stereocenters. The maximum atomic E-state index is 12.5. The van der Waals surface area contributed by atoms with Crippen molar-refractivity contribution in [2.75, 3.05) is 0 Å². The summed E-state index contributed by atoms with van der Waals surface area (Å²) in [6.07, 6.45) is -4.48. The van der Waals surface area contributed by atoms with Crippen molar-refractivity contribution in [2.45, 2.75) is 6.18 Å². The molecule has 0 radical (unpaired) electrons. The van der Waals surface area contributed by atoms with Crippen LogP contribution in [0.4, 0.5) is 13.2 Å². The lowest BCUT2D eigenvalue weighted by molar-refractivity contribution is -0.141. The number of para-hydroxylation sites is 1. The van der Waals surface area contributed by atoms with Gasteiger partial charge < -0.3 is 0 Å². The van der Waals surface area contributed by atoms with Gasteiger partial charge in [0.05, 0.1) is 10.5 Å². The number of aromatic nitrogens is 1. The van der Waals surface area contributed by atoms with E-state index in [1.54, 1.807) is 12.1 Å². The van der Waals surface area contributed by atoms with E-state index in [0.717, 1.165) is 6.07 Å². The van der Waals surface area contributed by atoms with Gasteiger partial charge in [0.25, 0.3) is 0 Å². The van der Waals surface area contributed by atoms with Crippen LogP contribution < -0.4 is 0 Å². The van der Waals surface area contributed by atoms with Crippen LogP contribution in [-0.2, 0) is 6.18 Å². The summed E-state index contributed by atoms with van der Waals surface area (Å²) in [5.74, 6) is 0. The molecule has 1 aromatic heterocycles. The third-order valence-corrected chi connectivity index (χ3v) is 2.99. The Labute approximate surface area is 102 Å². The minimum atomic E-state index is -4.48. The SMILES string of the molecule is FC(F)(F)c1cc(Br)c2cccc(Cl)c2n1. The average molecular weight is 310 g/mol. The van der Waals surface area contributed by atoms with Crippen molar-refractivity contribution in [2.24, 2.45) is 0 Å². The number of hydrogen-bond donors (Lipinski definition) is 0. The Kier molecular flexibility index (Phi) is 2.84. The summed E-state index contributed by atoms with van der Waals surface area (Å²) >= 11 is 8.88. The number of hydrogen-bond acceptors (Lipinski definition) is 1. The Morgan fingerprint density at radius 2 is 1.94 bits per heavy atom. The van der Waals surface area contributed by atoms with Crippen LogP contribution in [-0.4, -0.2) is 4.98 Å². The fourth-order valence-corrected chi connectivity index (χ4v) is 2.07. The topological polar surface area (TPSA) is 12.9 Å². The zero-order valence-corrected chi connectivity index (χ0v) is 9.99. The maximum absolute atomic E-state index is 12.5. The fourth-order valence-electron chi connectivity index (χ4n) is 1.32. The number of halogens is 5. The van der Waals surface area contributed by atoms with E-state index in [1.807, 2.05) is 0 Å². The highest BCUT2D eigenvalue weighted by Gasteiger charge is 2.33. The van der Waals surface area contributed by atoms with Crippen molar-refractivity contribution < 1.29 is 13.2 Å². The molecule has 2 rings (SSSR count). The molecule has 0 aliphatic carbocycles. The number of fused-ring (bicyclic) bond motifs is 1. The van der Waals surface area contributed by atoms with Gasteiger partial charge in [0.2, 0.25) is 0 Å². The first-order valence-electron chi connectivity index (χ1n) is 4.21. The van der Waals surface area contributed by atoms with Crippen molar-refractivity contribution >= 4 is 38.4 Å². The van der Waals surface area contributed by atoms with Crippen LogP contribution in [0.2, 0.25) is 5.02 Å². The molecule has 1 heterocycles. The predicted molar refractivity (Wildman–Crippen MR) is 59.5 cm³/mol. The summed E-state index contributed by atoms with van der Waals surface area (Å²) in [6.45, 7) is 0. The molecule has 0 N–H and O–H groups in total. The molecule has 0 bridgehead atoms. The van der Waals surface area contributed by atoms with Gasteiger partial charge in [-0.1, -0.05) is 39.7 Å². The highest BCUT2D eigenvalue weighted by molar-refractivity contribution is 9.10. The van der Waals surface area contributed by atoms with Gasteiger partial charge in [-0.3, -0.25) is 0 Å². The monoisotopic (exact) mass is 309 g/mol. The van der Waals surface area contributed by atoms with Crippen molar-refractivity contribution in [3.8, 4) is 0 Å². The first kappa shape index (κ1) is 11.7. The second-order valence-electron chi connectivity index (χ2n) is 3.12. The molecule has 0 fully saturated rings. The third kappa shape index (κ3) is 2.01. The zero-order chi connectivity index (χ0) is 11.9. The Hall–Kier alpha value is -0.810. The first-order chi connectivity index (χ1) is 7.39. The Morgan fingerprint density at radius 3 is 2.56 bits per heavy atom. The van der Waals surface area contributed by atoms with E-state index in [4.69, 9.17) is 11.6 Å². The molecule has 0 aliphatic heterocycles. The first-order valence-corrected chi connectivity index (χ1v) is 5.38. The number of nitrogens with zero attached hydrogens (tertiary/aromatic N) is 1.